The van der Waals surface area contributed by atoms with E-state index in [9.17, 15) is 0 Å². The number of hydrogen-bond acceptors (Lipinski definition) is 4. The minimum Gasteiger partial charge on any atom is -0.361 e. The van der Waals surface area contributed by atoms with Crippen LogP contribution in [0.2, 0.25) is 0 Å². The summed E-state index contributed by atoms with van der Waals surface area (Å²) in [5.74, 6) is 0.856. The number of nitrogens with zero attached hydrogens (tertiary/aromatic N) is 1. The van der Waals surface area contributed by atoms with Gasteiger partial charge in [0.05, 0.1) is 5.69 Å². The second kappa shape index (κ2) is 6.45. The van der Waals surface area contributed by atoms with Gasteiger partial charge in [-0.1, -0.05) is 47.6 Å². The monoisotopic (exact) mass is 293 g/mol. The van der Waals surface area contributed by atoms with E-state index in [1.165, 1.54) is 5.56 Å². The zero-order valence-corrected chi connectivity index (χ0v) is 12.8. The lowest BCUT2D eigenvalue weighted by atomic mass is 10.0. The summed E-state index contributed by atoms with van der Waals surface area (Å²) in [6.45, 7) is 4.65. The molecular formula is C18H19N3O. The second-order valence-corrected chi connectivity index (χ2v) is 5.24. The number of nitrogens with one attached hydrogen (secondary N) is 2. The number of benzene rings is 2. The Morgan fingerprint density at radius 2 is 1.68 bits per heavy atom. The van der Waals surface area contributed by atoms with E-state index in [0.717, 1.165) is 34.8 Å². The minimum absolute atomic E-state index is 0.747. The van der Waals surface area contributed by atoms with Crippen molar-refractivity contribution >= 4 is 5.69 Å². The van der Waals surface area contributed by atoms with Crippen molar-refractivity contribution in [1.29, 1.82) is 0 Å². The highest BCUT2D eigenvalue weighted by Crippen LogP contribution is 2.26. The predicted octanol–water partition coefficient (Wildman–Crippen LogP) is 4.08. The van der Waals surface area contributed by atoms with Gasteiger partial charge >= 0.3 is 0 Å². The molecule has 0 spiro atoms. The summed E-state index contributed by atoms with van der Waals surface area (Å²) >= 11 is 0. The topological polar surface area (TPSA) is 50.1 Å². The van der Waals surface area contributed by atoms with Gasteiger partial charge in [0.15, 0.2) is 0 Å². The van der Waals surface area contributed by atoms with E-state index >= 15 is 0 Å². The maximum atomic E-state index is 5.22. The summed E-state index contributed by atoms with van der Waals surface area (Å²) in [6.07, 6.45) is 0. The van der Waals surface area contributed by atoms with Gasteiger partial charge in [-0.15, -0.1) is 0 Å². The molecule has 3 rings (SSSR count). The molecule has 0 aliphatic carbocycles. The Morgan fingerprint density at radius 1 is 0.955 bits per heavy atom. The smallest absolute Gasteiger partial charge is 0.141 e. The van der Waals surface area contributed by atoms with Gasteiger partial charge < -0.3 is 9.95 Å². The number of rotatable bonds is 5. The molecular weight excluding hydrogens is 274 g/mol. The molecule has 0 aliphatic rings. The van der Waals surface area contributed by atoms with Crippen molar-refractivity contribution in [2.24, 2.45) is 0 Å². The molecule has 4 nitrogen and oxygen atoms in total. The van der Waals surface area contributed by atoms with Crippen LogP contribution in [0.4, 0.5) is 5.69 Å². The summed E-state index contributed by atoms with van der Waals surface area (Å²) in [5, 5.41) is 4.00. The van der Waals surface area contributed by atoms with Crippen LogP contribution in [0.15, 0.2) is 59.1 Å². The van der Waals surface area contributed by atoms with E-state index < -0.39 is 0 Å². The van der Waals surface area contributed by atoms with Crippen molar-refractivity contribution in [2.45, 2.75) is 20.4 Å². The molecule has 1 aromatic heterocycles. The standard InChI is InChI=1S/C18H19N3O/c1-13-18(14(2)22-21-13)16-10-8-15(9-11-16)12-19-20-17-6-4-3-5-7-17/h3-11,19-20H,12H2,1-2H3. The summed E-state index contributed by atoms with van der Waals surface area (Å²) in [4.78, 5) is 0. The number of aromatic nitrogens is 1. The van der Waals surface area contributed by atoms with Gasteiger partial charge in [-0.2, -0.15) is 0 Å². The third-order valence-corrected chi connectivity index (χ3v) is 3.58. The SMILES string of the molecule is Cc1noc(C)c1-c1ccc(CNNc2ccccc2)cc1. The first-order valence-corrected chi connectivity index (χ1v) is 7.30. The highest BCUT2D eigenvalue weighted by Gasteiger charge is 2.10. The predicted molar refractivity (Wildman–Crippen MR) is 88.3 cm³/mol. The first kappa shape index (κ1) is 14.4. The highest BCUT2D eigenvalue weighted by atomic mass is 16.5. The fraction of sp³-hybridized carbons (Fsp3) is 0.167. The first-order chi connectivity index (χ1) is 10.7. The van der Waals surface area contributed by atoms with Gasteiger partial charge in [0.25, 0.3) is 0 Å². The molecule has 0 aliphatic heterocycles. The Bertz CT molecular complexity index is 713. The van der Waals surface area contributed by atoms with Gasteiger partial charge in [-0.25, -0.2) is 5.43 Å². The van der Waals surface area contributed by atoms with Crippen LogP contribution in [-0.2, 0) is 6.54 Å². The maximum Gasteiger partial charge on any atom is 0.141 e. The molecule has 0 radical (unpaired) electrons. The van der Waals surface area contributed by atoms with E-state index in [1.54, 1.807) is 0 Å². The minimum atomic E-state index is 0.747. The fourth-order valence-corrected chi connectivity index (χ4v) is 2.45. The summed E-state index contributed by atoms with van der Waals surface area (Å²) in [7, 11) is 0. The van der Waals surface area contributed by atoms with Crippen LogP contribution in [0.25, 0.3) is 11.1 Å². The number of hydrogen-bond donors (Lipinski definition) is 2. The maximum absolute atomic E-state index is 5.22. The Labute approximate surface area is 130 Å². The average molecular weight is 293 g/mol. The molecule has 0 bridgehead atoms. The van der Waals surface area contributed by atoms with Gasteiger partial charge in [0, 0.05) is 17.8 Å². The van der Waals surface area contributed by atoms with Gasteiger partial charge in [0.2, 0.25) is 0 Å². The average Bonchev–Trinajstić information content (AvgIpc) is 2.88. The van der Waals surface area contributed by atoms with Crippen LogP contribution >= 0.6 is 0 Å². The third-order valence-electron chi connectivity index (χ3n) is 3.58. The molecule has 0 saturated carbocycles. The van der Waals surface area contributed by atoms with Crippen molar-refractivity contribution in [2.75, 3.05) is 5.43 Å². The van der Waals surface area contributed by atoms with Crippen molar-refractivity contribution in [3.8, 4) is 11.1 Å². The third kappa shape index (κ3) is 3.18. The molecule has 0 atom stereocenters. The van der Waals surface area contributed by atoms with Gasteiger partial charge in [-0.3, -0.25) is 0 Å². The number of hydrazine groups is 1. The highest BCUT2D eigenvalue weighted by molar-refractivity contribution is 5.67. The van der Waals surface area contributed by atoms with Gasteiger partial charge in [0.1, 0.15) is 5.76 Å². The molecule has 2 aromatic carbocycles. The fourth-order valence-electron chi connectivity index (χ4n) is 2.45. The van der Waals surface area contributed by atoms with Crippen molar-refractivity contribution < 1.29 is 4.52 Å². The van der Waals surface area contributed by atoms with Crippen molar-refractivity contribution in [1.82, 2.24) is 10.6 Å². The molecule has 2 N–H and O–H groups in total. The van der Waals surface area contributed by atoms with E-state index in [-0.39, 0.29) is 0 Å². The Kier molecular flexibility index (Phi) is 4.21. The Hall–Kier alpha value is -2.59. The van der Waals surface area contributed by atoms with Crippen LogP contribution in [0.1, 0.15) is 17.0 Å². The van der Waals surface area contributed by atoms with Crippen LogP contribution in [-0.4, -0.2) is 5.16 Å². The first-order valence-electron chi connectivity index (χ1n) is 7.30. The number of para-hydroxylation sites is 1. The molecule has 112 valence electrons. The lowest BCUT2D eigenvalue weighted by Gasteiger charge is -2.09. The molecule has 3 aromatic rings. The second-order valence-electron chi connectivity index (χ2n) is 5.24. The van der Waals surface area contributed by atoms with Crippen molar-refractivity contribution in [3.05, 3.63) is 71.6 Å². The summed E-state index contributed by atoms with van der Waals surface area (Å²) in [6, 6.07) is 18.5. The molecule has 4 heteroatoms. The van der Waals surface area contributed by atoms with Gasteiger partial charge in [-0.05, 0) is 37.1 Å². The number of aryl methyl sites for hydroxylation is 2. The molecule has 1 heterocycles. The Balaban J connectivity index is 1.62. The quantitative estimate of drug-likeness (QED) is 0.696. The lowest BCUT2D eigenvalue weighted by Crippen LogP contribution is -2.20. The molecule has 0 amide bonds. The summed E-state index contributed by atoms with van der Waals surface area (Å²) < 4.78 is 5.22. The van der Waals surface area contributed by atoms with Crippen LogP contribution < -0.4 is 10.9 Å². The molecule has 22 heavy (non-hydrogen) atoms. The zero-order valence-electron chi connectivity index (χ0n) is 12.8. The molecule has 0 saturated heterocycles. The molecule has 0 unspecified atom stereocenters. The summed E-state index contributed by atoms with van der Waals surface area (Å²) in [5.41, 5.74) is 11.8. The van der Waals surface area contributed by atoms with E-state index in [4.69, 9.17) is 4.52 Å². The zero-order chi connectivity index (χ0) is 15.4. The number of anilines is 1. The normalized spacial score (nSPS) is 10.6. The lowest BCUT2D eigenvalue weighted by molar-refractivity contribution is 0.393. The van der Waals surface area contributed by atoms with E-state index in [0.29, 0.717) is 0 Å². The van der Waals surface area contributed by atoms with Crippen LogP contribution in [0.5, 0.6) is 0 Å². The largest absolute Gasteiger partial charge is 0.361 e. The van der Waals surface area contributed by atoms with E-state index in [1.807, 2.05) is 44.2 Å². The van der Waals surface area contributed by atoms with E-state index in [2.05, 4.69) is 40.3 Å². The van der Waals surface area contributed by atoms with Crippen molar-refractivity contribution in [3.63, 3.8) is 0 Å². The van der Waals surface area contributed by atoms with Crippen LogP contribution in [0, 0.1) is 13.8 Å². The Morgan fingerprint density at radius 3 is 2.32 bits per heavy atom. The molecule has 0 fully saturated rings. The van der Waals surface area contributed by atoms with Crippen LogP contribution in [0.3, 0.4) is 0 Å².